The summed E-state index contributed by atoms with van der Waals surface area (Å²) in [5, 5.41) is 7.61. The molecule has 0 radical (unpaired) electrons. The first-order valence-corrected chi connectivity index (χ1v) is 7.96. The SMILES string of the molecule is CCn1cc([C@@H]2OCC[C@H]2CN=C(N)NC2CCC2)cn1. The molecule has 1 aliphatic carbocycles. The summed E-state index contributed by atoms with van der Waals surface area (Å²) in [7, 11) is 0. The van der Waals surface area contributed by atoms with E-state index in [4.69, 9.17) is 10.5 Å². The van der Waals surface area contributed by atoms with Crippen LogP contribution >= 0.6 is 0 Å². The van der Waals surface area contributed by atoms with Crippen LogP contribution in [0.2, 0.25) is 0 Å². The van der Waals surface area contributed by atoms with Crippen LogP contribution in [0.1, 0.15) is 44.3 Å². The summed E-state index contributed by atoms with van der Waals surface area (Å²) in [5.41, 5.74) is 7.11. The Morgan fingerprint density at radius 2 is 2.38 bits per heavy atom. The molecule has 2 atom stereocenters. The highest BCUT2D eigenvalue weighted by Gasteiger charge is 2.30. The number of nitrogens with two attached hydrogens (primary N) is 1. The molecule has 1 aliphatic heterocycles. The van der Waals surface area contributed by atoms with Crippen LogP contribution in [0.4, 0.5) is 0 Å². The Hall–Kier alpha value is -1.56. The lowest BCUT2D eigenvalue weighted by Crippen LogP contribution is -2.43. The molecule has 0 amide bonds. The summed E-state index contributed by atoms with van der Waals surface area (Å²) in [6.45, 7) is 4.47. The third kappa shape index (κ3) is 3.37. The van der Waals surface area contributed by atoms with E-state index in [0.717, 1.165) is 25.1 Å². The summed E-state index contributed by atoms with van der Waals surface area (Å²) in [6.07, 6.45) is 8.83. The first-order chi connectivity index (χ1) is 10.3. The molecule has 0 unspecified atom stereocenters. The van der Waals surface area contributed by atoms with Gasteiger partial charge in [-0.05, 0) is 32.6 Å². The summed E-state index contributed by atoms with van der Waals surface area (Å²) in [5.74, 6) is 0.968. The fraction of sp³-hybridized carbons (Fsp3) is 0.733. The lowest BCUT2D eigenvalue weighted by atomic mass is 9.93. The molecule has 1 aromatic rings. The molecule has 6 nitrogen and oxygen atoms in total. The molecule has 6 heteroatoms. The second kappa shape index (κ2) is 6.47. The highest BCUT2D eigenvalue weighted by atomic mass is 16.5. The standard InChI is InChI=1S/C15H25N5O/c1-2-20-10-12(9-18-20)14-11(6-7-21-14)8-17-15(16)19-13-4-3-5-13/h9-11,13-14H,2-8H2,1H3,(H3,16,17,19)/t11-,14+/m0/s1. The van der Waals surface area contributed by atoms with Gasteiger partial charge in [0.05, 0.1) is 12.3 Å². The summed E-state index contributed by atoms with van der Waals surface area (Å²) in [4.78, 5) is 4.51. The monoisotopic (exact) mass is 291 g/mol. The van der Waals surface area contributed by atoms with Crippen LogP contribution in [0.3, 0.4) is 0 Å². The molecule has 2 heterocycles. The van der Waals surface area contributed by atoms with Crippen LogP contribution < -0.4 is 11.1 Å². The second-order valence-corrected chi connectivity index (χ2v) is 5.97. The van der Waals surface area contributed by atoms with E-state index < -0.39 is 0 Å². The Morgan fingerprint density at radius 1 is 1.52 bits per heavy atom. The highest BCUT2D eigenvalue weighted by Crippen LogP contribution is 2.34. The second-order valence-electron chi connectivity index (χ2n) is 5.97. The number of nitrogens with one attached hydrogen (secondary N) is 1. The summed E-state index contributed by atoms with van der Waals surface area (Å²) >= 11 is 0. The summed E-state index contributed by atoms with van der Waals surface area (Å²) in [6, 6.07) is 0.534. The number of aliphatic imine (C=N–C) groups is 1. The topological polar surface area (TPSA) is 77.5 Å². The molecule has 0 spiro atoms. The Balaban J connectivity index is 1.57. The largest absolute Gasteiger partial charge is 0.373 e. The van der Waals surface area contributed by atoms with Crippen molar-refractivity contribution >= 4 is 5.96 Å². The maximum atomic E-state index is 5.95. The van der Waals surface area contributed by atoms with Crippen molar-refractivity contribution in [1.82, 2.24) is 15.1 Å². The van der Waals surface area contributed by atoms with Gasteiger partial charge < -0.3 is 15.8 Å². The minimum absolute atomic E-state index is 0.102. The highest BCUT2D eigenvalue weighted by molar-refractivity contribution is 5.78. The number of nitrogens with zero attached hydrogens (tertiary/aromatic N) is 3. The van der Waals surface area contributed by atoms with Crippen molar-refractivity contribution in [2.45, 2.75) is 51.3 Å². The van der Waals surface area contributed by atoms with E-state index in [2.05, 4.69) is 28.5 Å². The van der Waals surface area contributed by atoms with E-state index in [0.29, 0.717) is 24.5 Å². The zero-order chi connectivity index (χ0) is 14.7. The van der Waals surface area contributed by atoms with Gasteiger partial charge in [-0.25, -0.2) is 0 Å². The Bertz CT molecular complexity index is 494. The zero-order valence-corrected chi connectivity index (χ0v) is 12.7. The number of aromatic nitrogens is 2. The van der Waals surface area contributed by atoms with Gasteiger partial charge in [-0.1, -0.05) is 0 Å². The smallest absolute Gasteiger partial charge is 0.188 e. The molecule has 21 heavy (non-hydrogen) atoms. The van der Waals surface area contributed by atoms with Gasteiger partial charge >= 0.3 is 0 Å². The first-order valence-electron chi connectivity index (χ1n) is 7.96. The molecular formula is C15H25N5O. The molecular weight excluding hydrogens is 266 g/mol. The van der Waals surface area contributed by atoms with Crippen molar-refractivity contribution < 1.29 is 4.74 Å². The van der Waals surface area contributed by atoms with Gasteiger partial charge in [-0.2, -0.15) is 5.10 Å². The Morgan fingerprint density at radius 3 is 3.05 bits per heavy atom. The minimum Gasteiger partial charge on any atom is -0.373 e. The van der Waals surface area contributed by atoms with Crippen LogP contribution in [0.15, 0.2) is 17.4 Å². The third-order valence-electron chi connectivity index (χ3n) is 4.47. The molecule has 0 bridgehead atoms. The molecule has 116 valence electrons. The lowest BCUT2D eigenvalue weighted by molar-refractivity contribution is 0.0925. The van der Waals surface area contributed by atoms with Crippen molar-refractivity contribution in [1.29, 1.82) is 0 Å². The average molecular weight is 291 g/mol. The van der Waals surface area contributed by atoms with E-state index in [1.54, 1.807) is 0 Å². The van der Waals surface area contributed by atoms with E-state index in [9.17, 15) is 0 Å². The summed E-state index contributed by atoms with van der Waals surface area (Å²) < 4.78 is 7.81. The zero-order valence-electron chi connectivity index (χ0n) is 12.7. The Labute approximate surface area is 125 Å². The van der Waals surface area contributed by atoms with Crippen LogP contribution in [-0.4, -0.2) is 34.9 Å². The van der Waals surface area contributed by atoms with Gasteiger partial charge in [0, 0.05) is 43.4 Å². The fourth-order valence-corrected chi connectivity index (χ4v) is 2.91. The maximum Gasteiger partial charge on any atom is 0.188 e. The molecule has 1 saturated carbocycles. The number of guanidine groups is 1. The molecule has 3 rings (SSSR count). The van der Waals surface area contributed by atoms with Crippen molar-refractivity contribution in [3.05, 3.63) is 18.0 Å². The maximum absolute atomic E-state index is 5.95. The molecule has 2 aliphatic rings. The van der Waals surface area contributed by atoms with Gasteiger partial charge in [0.2, 0.25) is 0 Å². The van der Waals surface area contributed by atoms with Gasteiger partial charge in [0.25, 0.3) is 0 Å². The van der Waals surface area contributed by atoms with Gasteiger partial charge in [0.1, 0.15) is 0 Å². The Kier molecular flexibility index (Phi) is 4.43. The van der Waals surface area contributed by atoms with E-state index in [-0.39, 0.29) is 6.10 Å². The van der Waals surface area contributed by atoms with E-state index in [1.165, 1.54) is 19.3 Å². The van der Waals surface area contributed by atoms with E-state index >= 15 is 0 Å². The number of aryl methyl sites for hydroxylation is 1. The quantitative estimate of drug-likeness (QED) is 0.635. The van der Waals surface area contributed by atoms with Crippen LogP contribution in [0, 0.1) is 5.92 Å². The van der Waals surface area contributed by atoms with Crippen molar-refractivity contribution in [3.8, 4) is 0 Å². The van der Waals surface area contributed by atoms with Crippen LogP contribution in [-0.2, 0) is 11.3 Å². The number of ether oxygens (including phenoxy) is 1. The molecule has 1 saturated heterocycles. The predicted octanol–water partition coefficient (Wildman–Crippen LogP) is 1.44. The van der Waals surface area contributed by atoms with Crippen molar-refractivity contribution in [3.63, 3.8) is 0 Å². The molecule has 0 aromatic carbocycles. The molecule has 3 N–H and O–H groups in total. The fourth-order valence-electron chi connectivity index (χ4n) is 2.91. The van der Waals surface area contributed by atoms with Gasteiger partial charge in [-0.15, -0.1) is 0 Å². The predicted molar refractivity (Wildman–Crippen MR) is 82.0 cm³/mol. The van der Waals surface area contributed by atoms with Crippen molar-refractivity contribution in [2.24, 2.45) is 16.6 Å². The lowest BCUT2D eigenvalue weighted by Gasteiger charge is -2.27. The molecule has 2 fully saturated rings. The first kappa shape index (κ1) is 14.4. The van der Waals surface area contributed by atoms with Gasteiger partial charge in [-0.3, -0.25) is 9.67 Å². The number of hydrogen-bond donors (Lipinski definition) is 2. The minimum atomic E-state index is 0.102. The number of hydrogen-bond acceptors (Lipinski definition) is 3. The van der Waals surface area contributed by atoms with Gasteiger partial charge in [0.15, 0.2) is 5.96 Å². The van der Waals surface area contributed by atoms with Crippen LogP contribution in [0.25, 0.3) is 0 Å². The van der Waals surface area contributed by atoms with Crippen LogP contribution in [0.5, 0.6) is 0 Å². The van der Waals surface area contributed by atoms with E-state index in [1.807, 2.05) is 10.9 Å². The average Bonchev–Trinajstić information content (AvgIpc) is 3.08. The van der Waals surface area contributed by atoms with Crippen molar-refractivity contribution in [2.75, 3.05) is 13.2 Å². The normalized spacial score (nSPS) is 26.8. The third-order valence-corrected chi connectivity index (χ3v) is 4.47. The molecule has 1 aromatic heterocycles. The number of rotatable bonds is 5.